The summed E-state index contributed by atoms with van der Waals surface area (Å²) < 4.78 is 38.7. The summed E-state index contributed by atoms with van der Waals surface area (Å²) in [6.45, 7) is 2.20. The van der Waals surface area contributed by atoms with Crippen LogP contribution in [0, 0.1) is 0 Å². The highest BCUT2D eigenvalue weighted by Gasteiger charge is 2.33. The number of hydrogen-bond acceptors (Lipinski definition) is 4. The third-order valence-corrected chi connectivity index (χ3v) is 7.44. The highest BCUT2D eigenvalue weighted by molar-refractivity contribution is 7.80. The Morgan fingerprint density at radius 3 is 2.31 bits per heavy atom. The van der Waals surface area contributed by atoms with E-state index in [2.05, 4.69) is 5.32 Å². The Kier molecular flexibility index (Phi) is 7.51. The van der Waals surface area contributed by atoms with E-state index in [4.69, 9.17) is 28.8 Å². The number of carbonyl (C=O) groups excluding carboxylic acids is 1. The Balaban J connectivity index is 1.32. The van der Waals surface area contributed by atoms with E-state index < -0.39 is 17.9 Å². The number of piperazine rings is 1. The molecule has 0 aliphatic carbocycles. The number of aliphatic imine (C=N–C) groups is 1. The maximum absolute atomic E-state index is 13.5. The van der Waals surface area contributed by atoms with Crippen LogP contribution in [0.25, 0.3) is 0 Å². The van der Waals surface area contributed by atoms with E-state index in [0.29, 0.717) is 47.7 Å². The number of benzodiazepines with no additional fused rings is 1. The normalized spacial score (nSPS) is 17.9. The van der Waals surface area contributed by atoms with Crippen molar-refractivity contribution in [3.8, 4) is 0 Å². The van der Waals surface area contributed by atoms with Crippen LogP contribution in [0.5, 0.6) is 0 Å². The van der Waals surface area contributed by atoms with E-state index in [-0.39, 0.29) is 5.91 Å². The zero-order chi connectivity index (χ0) is 27.7. The zero-order valence-corrected chi connectivity index (χ0v) is 22.5. The average Bonchev–Trinajstić information content (AvgIpc) is 3.03. The molecule has 0 saturated carbocycles. The Morgan fingerprint density at radius 1 is 1.00 bits per heavy atom. The molecule has 6 nitrogen and oxygen atoms in total. The lowest BCUT2D eigenvalue weighted by Crippen LogP contribution is -2.55. The molecule has 1 amide bonds. The number of rotatable bonds is 3. The highest BCUT2D eigenvalue weighted by atomic mass is 35.5. The van der Waals surface area contributed by atoms with Gasteiger partial charge in [0.25, 0.3) is 5.91 Å². The van der Waals surface area contributed by atoms with Gasteiger partial charge in [-0.15, -0.1) is 0 Å². The van der Waals surface area contributed by atoms with Gasteiger partial charge in [0.2, 0.25) is 6.17 Å². The number of likely N-dealkylation sites (N-methyl/N-ethyl adjacent to an activating group) is 1. The molecule has 39 heavy (non-hydrogen) atoms. The molecule has 0 radical (unpaired) electrons. The molecule has 1 fully saturated rings. The maximum atomic E-state index is 13.5. The highest BCUT2D eigenvalue weighted by Crippen LogP contribution is 2.31. The lowest BCUT2D eigenvalue weighted by Gasteiger charge is -2.38. The van der Waals surface area contributed by atoms with E-state index in [1.165, 1.54) is 12.1 Å². The van der Waals surface area contributed by atoms with Gasteiger partial charge in [-0.05, 0) is 54.7 Å². The van der Waals surface area contributed by atoms with Gasteiger partial charge in [-0.2, -0.15) is 13.2 Å². The molecule has 2 aliphatic rings. The van der Waals surface area contributed by atoms with Crippen molar-refractivity contribution in [2.75, 3.05) is 43.0 Å². The van der Waals surface area contributed by atoms with Crippen molar-refractivity contribution in [3.63, 3.8) is 0 Å². The van der Waals surface area contributed by atoms with Crippen molar-refractivity contribution in [1.82, 2.24) is 10.2 Å². The number of anilines is 2. The first-order valence-electron chi connectivity index (χ1n) is 12.3. The number of nitrogens with one attached hydrogen (secondary N) is 1. The lowest BCUT2D eigenvalue weighted by atomic mass is 10.0. The van der Waals surface area contributed by atoms with E-state index in [9.17, 15) is 18.0 Å². The van der Waals surface area contributed by atoms with Crippen molar-refractivity contribution in [2.24, 2.45) is 4.99 Å². The van der Waals surface area contributed by atoms with Gasteiger partial charge < -0.3 is 20.0 Å². The van der Waals surface area contributed by atoms with Crippen LogP contribution >= 0.6 is 23.8 Å². The van der Waals surface area contributed by atoms with Gasteiger partial charge in [-0.25, -0.2) is 4.99 Å². The van der Waals surface area contributed by atoms with E-state index in [1.807, 2.05) is 40.1 Å². The van der Waals surface area contributed by atoms with Crippen LogP contribution in [0.1, 0.15) is 16.7 Å². The molecule has 5 rings (SSSR count). The number of benzene rings is 3. The van der Waals surface area contributed by atoms with Crippen LogP contribution in [-0.2, 0) is 11.0 Å². The van der Waals surface area contributed by atoms with Gasteiger partial charge in [-0.3, -0.25) is 4.79 Å². The maximum Gasteiger partial charge on any atom is 0.416 e. The minimum Gasteiger partial charge on any atom is -0.368 e. The Bertz CT molecular complexity index is 1410. The molecule has 1 saturated heterocycles. The summed E-state index contributed by atoms with van der Waals surface area (Å²) in [6.07, 6.45) is -5.33. The van der Waals surface area contributed by atoms with Gasteiger partial charge in [0.1, 0.15) is 0 Å². The first-order chi connectivity index (χ1) is 18.6. The van der Waals surface area contributed by atoms with Gasteiger partial charge in [0.15, 0.2) is 5.11 Å². The average molecular weight is 572 g/mol. The second kappa shape index (κ2) is 10.9. The van der Waals surface area contributed by atoms with E-state index in [0.717, 1.165) is 28.9 Å². The Hall–Kier alpha value is -3.63. The van der Waals surface area contributed by atoms with Gasteiger partial charge >= 0.3 is 6.18 Å². The fourth-order valence-corrected chi connectivity index (χ4v) is 5.17. The van der Waals surface area contributed by atoms with Crippen LogP contribution in [0.3, 0.4) is 0 Å². The predicted octanol–water partition coefficient (Wildman–Crippen LogP) is 5.20. The molecule has 3 aromatic carbocycles. The van der Waals surface area contributed by atoms with Crippen molar-refractivity contribution in [3.05, 3.63) is 94.5 Å². The fourth-order valence-electron chi connectivity index (χ4n) is 4.70. The standard InChI is InChI=1S/C28H25ClF3N5OS/c1-35-23-12-9-20(29)17-22(23)24(18-5-3-2-4-6-18)33-25(26(35)38)34-27(39)37-15-13-36(14-16-37)21-10-7-19(8-11-21)28(30,31)32/h2-12,17,25H,13-16H2,1H3,(H,34,39). The number of halogens is 4. The molecule has 0 spiro atoms. The lowest BCUT2D eigenvalue weighted by molar-refractivity contribution is -0.137. The fraction of sp³-hybridized carbons (Fsp3) is 0.250. The van der Waals surface area contributed by atoms with Gasteiger partial charge in [0.05, 0.1) is 17.0 Å². The number of amides is 1. The van der Waals surface area contributed by atoms with Crippen LogP contribution in [0.4, 0.5) is 24.5 Å². The number of nitrogens with zero attached hydrogens (tertiary/aromatic N) is 4. The third-order valence-electron chi connectivity index (χ3n) is 6.83. The molecule has 2 aliphatic heterocycles. The summed E-state index contributed by atoms with van der Waals surface area (Å²) in [7, 11) is 1.69. The van der Waals surface area contributed by atoms with Crippen molar-refractivity contribution >= 4 is 51.9 Å². The van der Waals surface area contributed by atoms with Crippen LogP contribution in [-0.4, -0.2) is 61.0 Å². The molecule has 0 bridgehead atoms. The minimum absolute atomic E-state index is 0.268. The first-order valence-corrected chi connectivity index (χ1v) is 13.1. The minimum atomic E-state index is -4.37. The second-order valence-electron chi connectivity index (χ2n) is 9.27. The SMILES string of the molecule is CN1C(=O)C(NC(=S)N2CCN(c3ccc(C(F)(F)F)cc3)CC2)N=C(c2ccccc2)c2cc(Cl)ccc21. The summed E-state index contributed by atoms with van der Waals surface area (Å²) in [6, 6.07) is 20.1. The third kappa shape index (κ3) is 5.72. The molecule has 1 N–H and O–H groups in total. The van der Waals surface area contributed by atoms with E-state index >= 15 is 0 Å². The van der Waals surface area contributed by atoms with Crippen LogP contribution < -0.4 is 15.1 Å². The molecular formula is C28H25ClF3N5OS. The monoisotopic (exact) mass is 571 g/mol. The molecule has 0 aromatic heterocycles. The Morgan fingerprint density at radius 2 is 1.67 bits per heavy atom. The van der Waals surface area contributed by atoms with Crippen LogP contribution in [0.15, 0.2) is 77.8 Å². The van der Waals surface area contributed by atoms with Gasteiger partial charge in [-0.1, -0.05) is 41.9 Å². The summed E-state index contributed by atoms with van der Waals surface area (Å²) in [5.41, 5.74) is 2.94. The number of hydrogen-bond donors (Lipinski definition) is 1. The predicted molar refractivity (Wildman–Crippen MR) is 152 cm³/mol. The summed E-state index contributed by atoms with van der Waals surface area (Å²) >= 11 is 12.0. The smallest absolute Gasteiger partial charge is 0.368 e. The molecule has 202 valence electrons. The van der Waals surface area contributed by atoms with Crippen LogP contribution in [0.2, 0.25) is 5.02 Å². The summed E-state index contributed by atoms with van der Waals surface area (Å²) in [4.78, 5) is 23.8. The van der Waals surface area contributed by atoms with E-state index in [1.54, 1.807) is 30.1 Å². The summed E-state index contributed by atoms with van der Waals surface area (Å²) in [5, 5.41) is 4.06. The number of thiocarbonyl (C=S) groups is 1. The summed E-state index contributed by atoms with van der Waals surface area (Å²) in [5.74, 6) is -0.268. The first kappa shape index (κ1) is 27.0. The number of carbonyl (C=O) groups is 1. The Labute approximate surface area is 234 Å². The number of alkyl halides is 3. The molecule has 3 aromatic rings. The molecule has 11 heteroatoms. The van der Waals surface area contributed by atoms with Crippen molar-refractivity contribution in [1.29, 1.82) is 0 Å². The number of fused-ring (bicyclic) bond motifs is 1. The van der Waals surface area contributed by atoms with Crippen molar-refractivity contribution < 1.29 is 18.0 Å². The largest absolute Gasteiger partial charge is 0.416 e. The topological polar surface area (TPSA) is 51.2 Å². The quantitative estimate of drug-likeness (QED) is 0.438. The van der Waals surface area contributed by atoms with Crippen molar-refractivity contribution in [2.45, 2.75) is 12.3 Å². The molecule has 1 unspecified atom stereocenters. The second-order valence-corrected chi connectivity index (χ2v) is 10.1. The molecule has 2 heterocycles. The van der Waals surface area contributed by atoms with Gasteiger partial charge in [0, 0.05) is 55.1 Å². The molecule has 1 atom stereocenters. The molecular weight excluding hydrogens is 547 g/mol. The zero-order valence-electron chi connectivity index (χ0n) is 21.0.